The second-order valence-corrected chi connectivity index (χ2v) is 7.53. The molecule has 0 bridgehead atoms. The largest absolute Gasteiger partial charge is 0.481 e. The van der Waals surface area contributed by atoms with Crippen LogP contribution < -0.4 is 9.47 Å². The van der Waals surface area contributed by atoms with Gasteiger partial charge in [0.15, 0.2) is 11.3 Å². The molecular weight excluding hydrogens is 386 g/mol. The minimum absolute atomic E-state index is 0.00266. The average molecular weight is 408 g/mol. The van der Waals surface area contributed by atoms with Gasteiger partial charge in [-0.1, -0.05) is 11.6 Å². The van der Waals surface area contributed by atoms with Crippen molar-refractivity contribution in [3.05, 3.63) is 41.8 Å². The van der Waals surface area contributed by atoms with Gasteiger partial charge in [0.1, 0.15) is 11.9 Å². The van der Waals surface area contributed by atoms with E-state index in [4.69, 9.17) is 21.1 Å². The number of hydrogen-bond donors (Lipinski definition) is 0. The molecule has 2 aromatic rings. The van der Waals surface area contributed by atoms with Crippen LogP contribution in [-0.4, -0.2) is 52.3 Å². The minimum atomic E-state index is -0.526. The third-order valence-electron chi connectivity index (χ3n) is 4.34. The van der Waals surface area contributed by atoms with Crippen molar-refractivity contribution < 1.29 is 14.3 Å². The van der Waals surface area contributed by atoms with E-state index in [2.05, 4.69) is 9.97 Å². The quantitative estimate of drug-likeness (QED) is 0.680. The van der Waals surface area contributed by atoms with Crippen molar-refractivity contribution in [2.45, 2.75) is 36.9 Å². The van der Waals surface area contributed by atoms with Crippen LogP contribution >= 0.6 is 23.4 Å². The molecule has 6 nitrogen and oxygen atoms in total. The summed E-state index contributed by atoms with van der Waals surface area (Å²) in [7, 11) is 0. The number of ether oxygens (including phenoxy) is 2. The van der Waals surface area contributed by atoms with Crippen LogP contribution in [0.1, 0.15) is 19.8 Å². The van der Waals surface area contributed by atoms with Crippen LogP contribution in [0.3, 0.4) is 0 Å². The molecule has 1 saturated heterocycles. The van der Waals surface area contributed by atoms with E-state index in [9.17, 15) is 4.79 Å². The Balaban J connectivity index is 1.48. The van der Waals surface area contributed by atoms with Gasteiger partial charge in [0.25, 0.3) is 5.91 Å². The molecular formula is C19H22ClN3O3S. The van der Waals surface area contributed by atoms with Crippen molar-refractivity contribution in [3.8, 4) is 11.6 Å². The number of hydrogen-bond acceptors (Lipinski definition) is 6. The van der Waals surface area contributed by atoms with E-state index in [0.29, 0.717) is 29.9 Å². The van der Waals surface area contributed by atoms with E-state index in [1.807, 2.05) is 35.4 Å². The topological polar surface area (TPSA) is 64.5 Å². The number of nitrogens with zero attached hydrogens (tertiary/aromatic N) is 3. The molecule has 2 heterocycles. The summed E-state index contributed by atoms with van der Waals surface area (Å²) >= 11 is 7.49. The van der Waals surface area contributed by atoms with Crippen molar-refractivity contribution >= 4 is 29.3 Å². The predicted molar refractivity (Wildman–Crippen MR) is 106 cm³/mol. The summed E-state index contributed by atoms with van der Waals surface area (Å²) in [6.07, 6.45) is 5.96. The van der Waals surface area contributed by atoms with E-state index in [1.54, 1.807) is 24.9 Å². The molecule has 1 fully saturated rings. The highest BCUT2D eigenvalue weighted by atomic mass is 35.5. The molecule has 1 aliphatic heterocycles. The molecule has 0 radical (unpaired) electrons. The fourth-order valence-corrected chi connectivity index (χ4v) is 3.46. The van der Waals surface area contributed by atoms with Crippen molar-refractivity contribution in [2.75, 3.05) is 19.3 Å². The van der Waals surface area contributed by atoms with Crippen LogP contribution in [0.5, 0.6) is 11.6 Å². The number of amides is 1. The normalized spacial score (nSPS) is 16.0. The summed E-state index contributed by atoms with van der Waals surface area (Å²) in [5, 5.41) is 0.302. The summed E-state index contributed by atoms with van der Waals surface area (Å²) in [6.45, 7) is 3.03. The maximum atomic E-state index is 12.7. The van der Waals surface area contributed by atoms with Gasteiger partial charge in [-0.15, -0.1) is 11.8 Å². The molecule has 144 valence electrons. The lowest BCUT2D eigenvalue weighted by molar-refractivity contribution is -0.139. The number of carbonyl (C=O) groups excluding carboxylic acids is 1. The van der Waals surface area contributed by atoms with Crippen molar-refractivity contribution in [3.63, 3.8) is 0 Å². The van der Waals surface area contributed by atoms with Gasteiger partial charge in [-0.3, -0.25) is 9.78 Å². The summed E-state index contributed by atoms with van der Waals surface area (Å²) in [5.74, 6) is 1.11. The highest BCUT2D eigenvalue weighted by Gasteiger charge is 2.28. The zero-order valence-corrected chi connectivity index (χ0v) is 16.9. The number of rotatable bonds is 6. The van der Waals surface area contributed by atoms with Gasteiger partial charge >= 0.3 is 0 Å². The monoisotopic (exact) mass is 407 g/mol. The number of aromatic nitrogens is 2. The Morgan fingerprint density at radius 1 is 1.26 bits per heavy atom. The van der Waals surface area contributed by atoms with Crippen LogP contribution in [0.2, 0.25) is 5.15 Å². The lowest BCUT2D eigenvalue weighted by Crippen LogP contribution is -2.46. The molecule has 1 amide bonds. The molecule has 0 aliphatic carbocycles. The Bertz CT molecular complexity index is 767. The standard InChI is InChI=1S/C19H22ClN3O3S/c1-13(25-14-3-5-16(27-2)6-4-14)19(24)23-9-7-15(8-10-23)26-18-12-21-11-17(20)22-18/h3-6,11-13,15H,7-10H2,1-2H3. The molecule has 1 aromatic carbocycles. The van der Waals surface area contributed by atoms with Gasteiger partial charge in [-0.05, 0) is 37.4 Å². The Morgan fingerprint density at radius 2 is 1.96 bits per heavy atom. The number of thioether (sulfide) groups is 1. The molecule has 8 heteroatoms. The Kier molecular flexibility index (Phi) is 6.79. The molecule has 1 aliphatic rings. The highest BCUT2D eigenvalue weighted by Crippen LogP contribution is 2.22. The van der Waals surface area contributed by atoms with Crippen molar-refractivity contribution in [2.24, 2.45) is 0 Å². The van der Waals surface area contributed by atoms with Crippen LogP contribution in [0.4, 0.5) is 0 Å². The lowest BCUT2D eigenvalue weighted by Gasteiger charge is -2.33. The van der Waals surface area contributed by atoms with Gasteiger partial charge in [0, 0.05) is 30.8 Å². The maximum Gasteiger partial charge on any atom is 0.263 e. The number of likely N-dealkylation sites (tertiary alicyclic amines) is 1. The van der Waals surface area contributed by atoms with Crippen LogP contribution in [-0.2, 0) is 4.79 Å². The van der Waals surface area contributed by atoms with Gasteiger partial charge in [-0.2, -0.15) is 4.98 Å². The Hall–Kier alpha value is -1.99. The smallest absolute Gasteiger partial charge is 0.263 e. The molecule has 27 heavy (non-hydrogen) atoms. The molecule has 3 rings (SSSR count). The minimum Gasteiger partial charge on any atom is -0.481 e. The van der Waals surface area contributed by atoms with Crippen molar-refractivity contribution in [1.29, 1.82) is 0 Å². The van der Waals surface area contributed by atoms with Crippen LogP contribution in [0.25, 0.3) is 0 Å². The third kappa shape index (κ3) is 5.49. The predicted octanol–water partition coefficient (Wildman–Crippen LogP) is 3.69. The number of piperidine rings is 1. The third-order valence-corrected chi connectivity index (χ3v) is 5.27. The Labute approximate surface area is 168 Å². The van der Waals surface area contributed by atoms with Gasteiger partial charge in [0.2, 0.25) is 5.88 Å². The zero-order valence-electron chi connectivity index (χ0n) is 15.3. The first-order valence-corrected chi connectivity index (χ1v) is 10.4. The SMILES string of the molecule is CSc1ccc(OC(C)C(=O)N2CCC(Oc3cncc(Cl)n3)CC2)cc1. The molecule has 0 N–H and O–H groups in total. The van der Waals surface area contributed by atoms with E-state index >= 15 is 0 Å². The number of benzene rings is 1. The van der Waals surface area contributed by atoms with Gasteiger partial charge in [0.05, 0.1) is 12.4 Å². The van der Waals surface area contributed by atoms with Crippen LogP contribution in [0, 0.1) is 0 Å². The van der Waals surface area contributed by atoms with Crippen molar-refractivity contribution in [1.82, 2.24) is 14.9 Å². The first-order valence-electron chi connectivity index (χ1n) is 8.79. The summed E-state index contributed by atoms with van der Waals surface area (Å²) in [5.41, 5.74) is 0. The molecule has 0 saturated carbocycles. The summed E-state index contributed by atoms with van der Waals surface area (Å²) < 4.78 is 11.6. The van der Waals surface area contributed by atoms with Crippen LogP contribution in [0.15, 0.2) is 41.6 Å². The molecule has 1 unspecified atom stereocenters. The fraction of sp³-hybridized carbons (Fsp3) is 0.421. The lowest BCUT2D eigenvalue weighted by atomic mass is 10.1. The summed E-state index contributed by atoms with van der Waals surface area (Å²) in [4.78, 5) is 23.7. The molecule has 1 aromatic heterocycles. The Morgan fingerprint density at radius 3 is 2.59 bits per heavy atom. The fourth-order valence-electron chi connectivity index (χ4n) is 2.91. The average Bonchev–Trinajstić information content (AvgIpc) is 2.68. The zero-order chi connectivity index (χ0) is 19.2. The molecule has 1 atom stereocenters. The van der Waals surface area contributed by atoms with E-state index < -0.39 is 6.10 Å². The van der Waals surface area contributed by atoms with E-state index in [1.165, 1.54) is 6.20 Å². The van der Waals surface area contributed by atoms with E-state index in [0.717, 1.165) is 17.7 Å². The highest BCUT2D eigenvalue weighted by molar-refractivity contribution is 7.98. The van der Waals surface area contributed by atoms with E-state index in [-0.39, 0.29) is 12.0 Å². The van der Waals surface area contributed by atoms with Gasteiger partial charge in [-0.25, -0.2) is 0 Å². The number of halogens is 1. The summed E-state index contributed by atoms with van der Waals surface area (Å²) in [6, 6.07) is 7.75. The number of carbonyl (C=O) groups is 1. The second kappa shape index (κ2) is 9.28. The first-order chi connectivity index (χ1) is 13.0. The second-order valence-electron chi connectivity index (χ2n) is 6.26. The van der Waals surface area contributed by atoms with Gasteiger partial charge < -0.3 is 14.4 Å². The molecule has 0 spiro atoms. The first kappa shape index (κ1) is 19.8. The maximum absolute atomic E-state index is 12.7.